The molecule has 20 heavy (non-hydrogen) atoms. The first-order valence-corrected chi connectivity index (χ1v) is 9.13. The van der Waals surface area contributed by atoms with Crippen molar-refractivity contribution in [3.05, 3.63) is 0 Å². The Balaban J connectivity index is 1.91. The van der Waals surface area contributed by atoms with E-state index < -0.39 is 0 Å². The van der Waals surface area contributed by atoms with Gasteiger partial charge < -0.3 is 5.73 Å². The zero-order chi connectivity index (χ0) is 14.6. The fourth-order valence-electron chi connectivity index (χ4n) is 4.63. The minimum absolute atomic E-state index is 0.429. The molecule has 2 aliphatic rings. The van der Waals surface area contributed by atoms with E-state index in [1.54, 1.807) is 0 Å². The van der Waals surface area contributed by atoms with Crippen molar-refractivity contribution in [2.24, 2.45) is 17.1 Å². The number of piperidine rings is 1. The van der Waals surface area contributed by atoms with E-state index in [2.05, 4.69) is 25.7 Å². The van der Waals surface area contributed by atoms with Crippen LogP contribution < -0.4 is 5.73 Å². The van der Waals surface area contributed by atoms with Crippen LogP contribution in [0.4, 0.5) is 0 Å². The largest absolute Gasteiger partial charge is 0.326 e. The molecule has 3 atom stereocenters. The first-order valence-electron chi connectivity index (χ1n) is 9.13. The molecule has 0 aromatic carbocycles. The van der Waals surface area contributed by atoms with Gasteiger partial charge in [-0.2, -0.15) is 0 Å². The summed E-state index contributed by atoms with van der Waals surface area (Å²) in [6, 6.07) is 1.10. The first-order chi connectivity index (χ1) is 9.64. The van der Waals surface area contributed by atoms with Crippen LogP contribution in [0.2, 0.25) is 0 Å². The predicted octanol–water partition coefficient (Wildman–Crippen LogP) is 4.18. The molecule has 0 spiro atoms. The van der Waals surface area contributed by atoms with Gasteiger partial charge in [0.1, 0.15) is 0 Å². The topological polar surface area (TPSA) is 29.3 Å². The molecule has 0 amide bonds. The molecule has 2 fully saturated rings. The van der Waals surface area contributed by atoms with Crippen molar-refractivity contribution in [3.63, 3.8) is 0 Å². The minimum Gasteiger partial charge on any atom is -0.326 e. The van der Waals surface area contributed by atoms with Crippen molar-refractivity contribution in [1.82, 2.24) is 4.90 Å². The average Bonchev–Trinajstić information content (AvgIpc) is 2.50. The van der Waals surface area contributed by atoms with Gasteiger partial charge in [0.05, 0.1) is 0 Å². The van der Waals surface area contributed by atoms with E-state index in [4.69, 9.17) is 5.73 Å². The van der Waals surface area contributed by atoms with E-state index in [0.29, 0.717) is 17.5 Å². The molecule has 2 heteroatoms. The lowest BCUT2D eigenvalue weighted by Crippen LogP contribution is -2.54. The number of hydrogen-bond donors (Lipinski definition) is 1. The normalized spacial score (nSPS) is 35.1. The molecule has 2 rings (SSSR count). The van der Waals surface area contributed by atoms with Crippen molar-refractivity contribution in [1.29, 1.82) is 0 Å². The molecule has 0 aromatic heterocycles. The molecule has 0 radical (unpaired) electrons. The zero-order valence-electron chi connectivity index (χ0n) is 14.0. The van der Waals surface area contributed by atoms with Crippen LogP contribution in [-0.4, -0.2) is 30.1 Å². The van der Waals surface area contributed by atoms with E-state index in [1.165, 1.54) is 70.9 Å². The third kappa shape index (κ3) is 3.57. The second kappa shape index (κ2) is 7.26. The van der Waals surface area contributed by atoms with Gasteiger partial charge in [-0.1, -0.05) is 46.5 Å². The Kier molecular flexibility index (Phi) is 5.92. The SMILES string of the molecule is CCCC1CCC(N)C(N2CCC(CC)(CC)CC2)C1. The van der Waals surface area contributed by atoms with Crippen molar-refractivity contribution >= 4 is 0 Å². The van der Waals surface area contributed by atoms with Gasteiger partial charge in [-0.25, -0.2) is 0 Å². The van der Waals surface area contributed by atoms with Gasteiger partial charge in [0, 0.05) is 12.1 Å². The van der Waals surface area contributed by atoms with Crippen molar-refractivity contribution in [2.75, 3.05) is 13.1 Å². The number of rotatable bonds is 5. The van der Waals surface area contributed by atoms with Crippen molar-refractivity contribution < 1.29 is 0 Å². The maximum Gasteiger partial charge on any atom is 0.0249 e. The summed E-state index contributed by atoms with van der Waals surface area (Å²) in [6.45, 7) is 9.66. The number of nitrogens with two attached hydrogens (primary N) is 1. The second-order valence-electron chi connectivity index (χ2n) is 7.44. The molecule has 1 heterocycles. The summed E-state index contributed by atoms with van der Waals surface area (Å²) in [5.74, 6) is 0.939. The molecule has 1 saturated heterocycles. The molecular formula is C18H36N2. The van der Waals surface area contributed by atoms with Crippen LogP contribution in [0.1, 0.15) is 78.6 Å². The first kappa shape index (κ1) is 16.3. The van der Waals surface area contributed by atoms with Crippen LogP contribution in [-0.2, 0) is 0 Å². The molecule has 2 nitrogen and oxygen atoms in total. The van der Waals surface area contributed by atoms with E-state index in [-0.39, 0.29) is 0 Å². The summed E-state index contributed by atoms with van der Waals surface area (Å²) in [5.41, 5.74) is 7.10. The number of likely N-dealkylation sites (tertiary alicyclic amines) is 1. The van der Waals surface area contributed by atoms with Gasteiger partial charge in [-0.05, 0) is 56.5 Å². The molecule has 1 aliphatic heterocycles. The van der Waals surface area contributed by atoms with E-state index in [9.17, 15) is 0 Å². The summed E-state index contributed by atoms with van der Waals surface area (Å²) >= 11 is 0. The summed E-state index contributed by atoms with van der Waals surface area (Å²) < 4.78 is 0. The Bertz CT molecular complexity index is 275. The smallest absolute Gasteiger partial charge is 0.0249 e. The number of hydrogen-bond acceptors (Lipinski definition) is 2. The lowest BCUT2D eigenvalue weighted by Gasteiger charge is -2.47. The van der Waals surface area contributed by atoms with Gasteiger partial charge in [0.25, 0.3) is 0 Å². The lowest BCUT2D eigenvalue weighted by molar-refractivity contribution is 0.0346. The van der Waals surface area contributed by atoms with Crippen molar-refractivity contribution in [3.8, 4) is 0 Å². The van der Waals surface area contributed by atoms with Crippen LogP contribution in [0.5, 0.6) is 0 Å². The summed E-state index contributed by atoms with van der Waals surface area (Å²) in [6.07, 6.45) is 12.2. The Hall–Kier alpha value is -0.0800. The quantitative estimate of drug-likeness (QED) is 0.818. The van der Waals surface area contributed by atoms with E-state index in [0.717, 1.165) is 5.92 Å². The Morgan fingerprint density at radius 3 is 2.25 bits per heavy atom. The third-order valence-corrected chi connectivity index (χ3v) is 6.50. The second-order valence-corrected chi connectivity index (χ2v) is 7.44. The highest BCUT2D eigenvalue weighted by Gasteiger charge is 2.37. The van der Waals surface area contributed by atoms with Crippen LogP contribution in [0, 0.1) is 11.3 Å². The Morgan fingerprint density at radius 1 is 1.05 bits per heavy atom. The van der Waals surface area contributed by atoms with Gasteiger partial charge in [-0.3, -0.25) is 4.90 Å². The summed E-state index contributed by atoms with van der Waals surface area (Å²) in [4.78, 5) is 2.75. The van der Waals surface area contributed by atoms with Crippen LogP contribution in [0.15, 0.2) is 0 Å². The van der Waals surface area contributed by atoms with Crippen LogP contribution >= 0.6 is 0 Å². The summed E-state index contributed by atoms with van der Waals surface area (Å²) in [5, 5.41) is 0. The van der Waals surface area contributed by atoms with Crippen LogP contribution in [0.25, 0.3) is 0 Å². The summed E-state index contributed by atoms with van der Waals surface area (Å²) in [7, 11) is 0. The van der Waals surface area contributed by atoms with Crippen LogP contribution in [0.3, 0.4) is 0 Å². The average molecular weight is 280 g/mol. The fourth-order valence-corrected chi connectivity index (χ4v) is 4.63. The number of nitrogens with zero attached hydrogens (tertiary/aromatic N) is 1. The molecule has 0 bridgehead atoms. The van der Waals surface area contributed by atoms with Gasteiger partial charge >= 0.3 is 0 Å². The lowest BCUT2D eigenvalue weighted by atomic mass is 9.72. The predicted molar refractivity (Wildman–Crippen MR) is 87.8 cm³/mol. The van der Waals surface area contributed by atoms with Gasteiger partial charge in [0.2, 0.25) is 0 Å². The highest BCUT2D eigenvalue weighted by molar-refractivity contribution is 4.93. The molecule has 2 N–H and O–H groups in total. The Morgan fingerprint density at radius 2 is 1.70 bits per heavy atom. The highest BCUT2D eigenvalue weighted by Crippen LogP contribution is 2.40. The maximum atomic E-state index is 6.46. The molecule has 0 aromatic rings. The Labute approximate surface area is 126 Å². The molecule has 3 unspecified atom stereocenters. The standard InChI is InChI=1S/C18H36N2/c1-4-7-15-8-9-16(19)17(14-15)20-12-10-18(5-2,6-3)11-13-20/h15-17H,4-14,19H2,1-3H3. The molecule has 1 saturated carbocycles. The van der Waals surface area contributed by atoms with Gasteiger partial charge in [-0.15, -0.1) is 0 Å². The van der Waals surface area contributed by atoms with E-state index in [1.807, 2.05) is 0 Å². The minimum atomic E-state index is 0.429. The van der Waals surface area contributed by atoms with Gasteiger partial charge in [0.15, 0.2) is 0 Å². The van der Waals surface area contributed by atoms with E-state index >= 15 is 0 Å². The third-order valence-electron chi connectivity index (χ3n) is 6.50. The maximum absolute atomic E-state index is 6.46. The highest BCUT2D eigenvalue weighted by atomic mass is 15.2. The molecular weight excluding hydrogens is 244 g/mol. The molecule has 1 aliphatic carbocycles. The fraction of sp³-hybridized carbons (Fsp3) is 1.00. The van der Waals surface area contributed by atoms with Crippen molar-refractivity contribution in [2.45, 2.75) is 90.6 Å². The zero-order valence-corrected chi connectivity index (χ0v) is 14.0. The monoisotopic (exact) mass is 280 g/mol. The molecule has 118 valence electrons.